The number of carboxylic acids is 3. The van der Waals surface area contributed by atoms with Crippen LogP contribution in [0.4, 0.5) is 0 Å². The lowest BCUT2D eigenvalue weighted by atomic mass is 9.97. The van der Waals surface area contributed by atoms with Crippen molar-refractivity contribution in [3.05, 3.63) is 29.8 Å². The average Bonchev–Trinajstić information content (AvgIpc) is 3.30. The van der Waals surface area contributed by atoms with Crippen LogP contribution >= 0.6 is 0 Å². The highest BCUT2D eigenvalue weighted by Crippen LogP contribution is 2.15. The number of amides is 8. The lowest BCUT2D eigenvalue weighted by Gasteiger charge is -2.30. The molecule has 0 aromatic heterocycles. The average molecular weight is 1070 g/mol. The minimum Gasteiger partial charge on any atom is -0.508 e. The minimum absolute atomic E-state index is 0.0351. The Morgan fingerprint density at radius 3 is 1.31 bits per heavy atom. The van der Waals surface area contributed by atoms with Crippen molar-refractivity contribution in [2.45, 2.75) is 174 Å². The first-order valence-electron chi connectivity index (χ1n) is 24.9. The normalized spacial score (nSPS) is 15.4. The van der Waals surface area contributed by atoms with Crippen molar-refractivity contribution in [3.63, 3.8) is 0 Å². The number of phenols is 1. The molecule has 26 nitrogen and oxygen atoms in total. The summed E-state index contributed by atoms with van der Waals surface area (Å²) in [6, 6.07) is -8.48. The third-order valence-corrected chi connectivity index (χ3v) is 11.6. The fourth-order valence-corrected chi connectivity index (χ4v) is 7.36. The summed E-state index contributed by atoms with van der Waals surface area (Å²) < 4.78 is 0. The molecule has 0 fully saturated rings. The van der Waals surface area contributed by atoms with E-state index in [1.807, 2.05) is 13.8 Å². The van der Waals surface area contributed by atoms with Crippen LogP contribution in [0.25, 0.3) is 0 Å². The summed E-state index contributed by atoms with van der Waals surface area (Å²) in [5, 5.41) is 68.8. The van der Waals surface area contributed by atoms with Crippen LogP contribution in [-0.4, -0.2) is 158 Å². The zero-order chi connectivity index (χ0) is 57.4. The van der Waals surface area contributed by atoms with Gasteiger partial charge in [-0.05, 0) is 86.9 Å². The summed E-state index contributed by atoms with van der Waals surface area (Å²) in [6.45, 7) is 15.0. The Balaban J connectivity index is 3.47. The molecule has 1 aromatic rings. The molecule has 0 heterocycles. The van der Waals surface area contributed by atoms with Gasteiger partial charge in [0.05, 0.1) is 25.0 Å². The molecule has 1 rings (SSSR count). The second-order valence-electron chi connectivity index (χ2n) is 20.0. The van der Waals surface area contributed by atoms with Crippen LogP contribution in [0.2, 0.25) is 0 Å². The molecule has 8 amide bonds. The molecular formula is C49H80N10O16. The third kappa shape index (κ3) is 24.3. The van der Waals surface area contributed by atoms with Crippen LogP contribution in [0.3, 0.4) is 0 Å². The maximum Gasteiger partial charge on any atom is 0.326 e. The summed E-state index contributed by atoms with van der Waals surface area (Å²) in [5.41, 5.74) is 11.9. The number of unbranched alkanes of at least 4 members (excludes halogenated alkanes) is 1. The van der Waals surface area contributed by atoms with E-state index in [1.165, 1.54) is 24.3 Å². The van der Waals surface area contributed by atoms with Crippen LogP contribution in [0.1, 0.15) is 113 Å². The Bertz CT molecular complexity index is 2120. The van der Waals surface area contributed by atoms with Gasteiger partial charge >= 0.3 is 17.9 Å². The molecule has 75 heavy (non-hydrogen) atoms. The predicted molar refractivity (Wildman–Crippen MR) is 271 cm³/mol. The quantitative estimate of drug-likeness (QED) is 0.0335. The van der Waals surface area contributed by atoms with Gasteiger partial charge in [-0.25, -0.2) is 4.79 Å². The van der Waals surface area contributed by atoms with E-state index >= 15 is 0 Å². The van der Waals surface area contributed by atoms with Crippen molar-refractivity contribution in [2.24, 2.45) is 35.1 Å². The Morgan fingerprint density at radius 1 is 0.480 bits per heavy atom. The van der Waals surface area contributed by atoms with E-state index in [-0.39, 0.29) is 55.7 Å². The molecule has 0 saturated carbocycles. The topological polar surface area (TPSA) is 437 Å². The number of nitrogens with two attached hydrogens (primary N) is 2. The third-order valence-electron chi connectivity index (χ3n) is 11.6. The summed E-state index contributed by atoms with van der Waals surface area (Å²) >= 11 is 0. The fourth-order valence-electron chi connectivity index (χ4n) is 7.36. The van der Waals surface area contributed by atoms with Gasteiger partial charge in [0, 0.05) is 6.42 Å². The molecule has 0 aliphatic carbocycles. The van der Waals surface area contributed by atoms with Gasteiger partial charge in [0.25, 0.3) is 0 Å². The smallest absolute Gasteiger partial charge is 0.326 e. The standard InChI is InChI=1S/C49H80N10O16/c1-23(2)18-31(56-47(72)39(26(7)8)58-44(69)32(19-24(3)4)55-46(71)38(51)25(5)6)41(66)54-35(22-37(64)65)45(70)59-40(27(9)60)48(73)57-34(21-36(62)63)43(68)53-33(20-28-13-15-29(61)16-14-28)42(67)52-30(49(74)75)12-10-11-17-50/h13-16,23-27,30-35,38-40,60-61H,10-12,17-22,50-51H2,1-9H3,(H,52,67)(H,53,68)(H,54,66)(H,55,71)(H,56,72)(H,57,73)(H,58,69)(H,59,70)(H,62,63)(H,64,65)(H,74,75)/t27-,30+,31+,32+,33+,34+,35+,38+,39+,40+/m1/s1. The molecule has 1 aromatic carbocycles. The summed E-state index contributed by atoms with van der Waals surface area (Å²) in [7, 11) is 0. The zero-order valence-electron chi connectivity index (χ0n) is 44.1. The summed E-state index contributed by atoms with van der Waals surface area (Å²) in [5.74, 6) is -14.2. The van der Waals surface area contributed by atoms with Crippen molar-refractivity contribution in [3.8, 4) is 5.75 Å². The first-order valence-corrected chi connectivity index (χ1v) is 24.9. The number of carboxylic acid groups (broad SMARTS) is 3. The van der Waals surface area contributed by atoms with E-state index in [0.717, 1.165) is 6.92 Å². The van der Waals surface area contributed by atoms with Gasteiger partial charge in [-0.3, -0.25) is 47.9 Å². The van der Waals surface area contributed by atoms with Crippen molar-refractivity contribution < 1.29 is 78.3 Å². The first kappa shape index (κ1) is 66.1. The fraction of sp³-hybridized carbons (Fsp3) is 0.653. The summed E-state index contributed by atoms with van der Waals surface area (Å²) in [6.07, 6.45) is -3.56. The van der Waals surface area contributed by atoms with Crippen LogP contribution in [-0.2, 0) is 59.2 Å². The number of aliphatic hydroxyl groups is 1. The van der Waals surface area contributed by atoms with Crippen LogP contribution in [0, 0.1) is 23.7 Å². The van der Waals surface area contributed by atoms with Crippen molar-refractivity contribution in [1.29, 1.82) is 0 Å². The molecule has 0 spiro atoms. The maximum atomic E-state index is 13.9. The first-order chi connectivity index (χ1) is 34.9. The van der Waals surface area contributed by atoms with Crippen LogP contribution in [0.15, 0.2) is 24.3 Å². The Morgan fingerprint density at radius 2 is 0.867 bits per heavy atom. The van der Waals surface area contributed by atoms with Crippen molar-refractivity contribution in [2.75, 3.05) is 6.54 Å². The number of nitrogens with one attached hydrogen (secondary N) is 8. The van der Waals surface area contributed by atoms with Crippen LogP contribution in [0.5, 0.6) is 5.75 Å². The second kappa shape index (κ2) is 32.4. The molecule has 17 N–H and O–H groups in total. The Kier molecular flexibility index (Phi) is 28.5. The molecule has 0 aliphatic rings. The highest BCUT2D eigenvalue weighted by molar-refractivity contribution is 5.99. The molecule has 0 bridgehead atoms. The number of hydrogen-bond donors (Lipinski definition) is 15. The van der Waals surface area contributed by atoms with Gasteiger partial charge in [0.15, 0.2) is 0 Å². The molecule has 26 heteroatoms. The van der Waals surface area contributed by atoms with Crippen LogP contribution < -0.4 is 54.0 Å². The lowest BCUT2D eigenvalue weighted by Crippen LogP contribution is -2.62. The monoisotopic (exact) mass is 1060 g/mol. The second-order valence-corrected chi connectivity index (χ2v) is 20.0. The van der Waals surface area contributed by atoms with Gasteiger partial charge in [0.2, 0.25) is 47.3 Å². The predicted octanol–water partition coefficient (Wildman–Crippen LogP) is -1.91. The van der Waals surface area contributed by atoms with Crippen molar-refractivity contribution in [1.82, 2.24) is 42.5 Å². The number of carbonyl (C=O) groups is 11. The molecule has 422 valence electrons. The van der Waals surface area contributed by atoms with E-state index in [4.69, 9.17) is 11.5 Å². The highest BCUT2D eigenvalue weighted by atomic mass is 16.4. The van der Waals surface area contributed by atoms with E-state index < -0.39 is 144 Å². The van der Waals surface area contributed by atoms with Gasteiger partial charge < -0.3 is 79.5 Å². The SMILES string of the molecule is CC(C)C[C@H](NC(=O)[C@@H](N)C(C)C)C(=O)N[C@H](C(=O)N[C@@H](CC(C)C)C(=O)N[C@@H](CC(=O)O)C(=O)N[C@H](C(=O)N[C@@H](CC(=O)O)C(=O)N[C@@H](Cc1ccc(O)cc1)C(=O)N[C@@H](CCCCN)C(=O)O)[C@@H](C)O)C(C)C. The molecule has 0 unspecified atom stereocenters. The van der Waals surface area contributed by atoms with Gasteiger partial charge in [0.1, 0.15) is 54.1 Å². The molecule has 0 saturated heterocycles. The molecule has 10 atom stereocenters. The van der Waals surface area contributed by atoms with Gasteiger partial charge in [-0.15, -0.1) is 0 Å². The van der Waals surface area contributed by atoms with E-state index in [9.17, 15) is 78.3 Å². The maximum absolute atomic E-state index is 13.9. The number of benzene rings is 1. The number of aromatic hydroxyl groups is 1. The Hall–Kier alpha value is -6.93. The number of phenolic OH excluding ortho intramolecular Hbond substituents is 1. The van der Waals surface area contributed by atoms with E-state index in [1.54, 1.807) is 41.5 Å². The Labute approximate surface area is 436 Å². The zero-order valence-corrected chi connectivity index (χ0v) is 44.1. The summed E-state index contributed by atoms with van der Waals surface area (Å²) in [4.78, 5) is 145. The highest BCUT2D eigenvalue weighted by Gasteiger charge is 2.38. The van der Waals surface area contributed by atoms with Gasteiger partial charge in [-0.1, -0.05) is 67.5 Å². The number of aliphatic hydroxyl groups excluding tert-OH is 1. The van der Waals surface area contributed by atoms with Gasteiger partial charge in [-0.2, -0.15) is 0 Å². The molecular weight excluding hydrogens is 985 g/mol. The minimum atomic E-state index is -2.05. The van der Waals surface area contributed by atoms with E-state index in [2.05, 4.69) is 42.5 Å². The van der Waals surface area contributed by atoms with Crippen molar-refractivity contribution >= 4 is 65.2 Å². The lowest BCUT2D eigenvalue weighted by molar-refractivity contribution is -0.144. The number of hydrogen-bond acceptors (Lipinski definition) is 15. The number of rotatable bonds is 34. The number of carbonyl (C=O) groups excluding carboxylic acids is 8. The molecule has 0 aliphatic heterocycles. The molecule has 0 radical (unpaired) electrons. The van der Waals surface area contributed by atoms with E-state index in [0.29, 0.717) is 18.4 Å². The number of aliphatic carboxylic acids is 3. The largest absolute Gasteiger partial charge is 0.508 e.